The summed E-state index contributed by atoms with van der Waals surface area (Å²) in [5.74, 6) is 0.293. The molecule has 1 aromatic carbocycles. The lowest BCUT2D eigenvalue weighted by Crippen LogP contribution is -1.97. The van der Waals surface area contributed by atoms with Gasteiger partial charge in [-0.05, 0) is 43.3 Å². The Kier molecular flexibility index (Phi) is 2.52. The number of nitrogens with zero attached hydrogens (tertiary/aromatic N) is 2. The van der Waals surface area contributed by atoms with E-state index in [4.69, 9.17) is 23.8 Å². The molecule has 3 nitrogen and oxygen atoms in total. The second-order valence-corrected chi connectivity index (χ2v) is 4.88. The van der Waals surface area contributed by atoms with Gasteiger partial charge in [-0.15, -0.1) is 0 Å². The molecule has 1 aliphatic rings. The molecule has 2 aromatic rings. The van der Waals surface area contributed by atoms with Gasteiger partial charge >= 0.3 is 0 Å². The molecular weight excluding hydrogens is 261 g/mol. The number of hydrogen-bond acceptors (Lipinski definition) is 2. The second-order valence-electron chi connectivity index (χ2n) is 4.08. The van der Waals surface area contributed by atoms with Crippen LogP contribution in [0.4, 0.5) is 4.39 Å². The fraction of sp³-hybridized carbons (Fsp3) is 0.273. The highest BCUT2D eigenvalue weighted by Gasteiger charge is 2.27. The Hall–Kier alpha value is -1.20. The number of aromatic amines is 1. The quantitative estimate of drug-likeness (QED) is 0.843. The van der Waals surface area contributed by atoms with Crippen LogP contribution in [0, 0.1) is 10.6 Å². The van der Waals surface area contributed by atoms with Crippen molar-refractivity contribution in [2.75, 3.05) is 0 Å². The normalized spacial score (nSPS) is 15.2. The molecule has 3 rings (SSSR count). The number of hydrogen-bond donors (Lipinski definition) is 1. The van der Waals surface area contributed by atoms with E-state index in [0.717, 1.165) is 24.2 Å². The summed E-state index contributed by atoms with van der Waals surface area (Å²) in [5.41, 5.74) is 0.774. The molecule has 1 N–H and O–H groups in total. The van der Waals surface area contributed by atoms with E-state index >= 15 is 0 Å². The van der Waals surface area contributed by atoms with E-state index < -0.39 is 5.82 Å². The van der Waals surface area contributed by atoms with E-state index in [1.807, 2.05) is 4.57 Å². The minimum atomic E-state index is -0.428. The predicted octanol–water partition coefficient (Wildman–Crippen LogP) is 3.74. The molecule has 1 saturated carbocycles. The molecule has 1 aromatic heterocycles. The fourth-order valence-corrected chi connectivity index (χ4v) is 2.28. The van der Waals surface area contributed by atoms with Gasteiger partial charge in [0.1, 0.15) is 5.82 Å². The Morgan fingerprint density at radius 3 is 2.88 bits per heavy atom. The van der Waals surface area contributed by atoms with Gasteiger partial charge in [0.15, 0.2) is 10.6 Å². The zero-order valence-electron chi connectivity index (χ0n) is 8.78. The summed E-state index contributed by atoms with van der Waals surface area (Å²) >= 11 is 11.0. The van der Waals surface area contributed by atoms with Gasteiger partial charge in [0, 0.05) is 11.6 Å². The standard InChI is InChI=1S/C11H9ClFN3S/c12-8-5-6(1-4-9(8)13)10-14-15-11(17)16(10)7-2-3-7/h1,4-5,7H,2-3H2,(H,15,17). The molecule has 0 amide bonds. The van der Waals surface area contributed by atoms with Crippen molar-refractivity contribution in [1.82, 2.24) is 14.8 Å². The smallest absolute Gasteiger partial charge is 0.195 e. The van der Waals surface area contributed by atoms with E-state index in [-0.39, 0.29) is 5.02 Å². The van der Waals surface area contributed by atoms with Gasteiger partial charge in [-0.1, -0.05) is 11.6 Å². The van der Waals surface area contributed by atoms with Crippen molar-refractivity contribution in [2.24, 2.45) is 0 Å². The fourth-order valence-electron chi connectivity index (χ4n) is 1.82. The molecule has 0 bridgehead atoms. The van der Waals surface area contributed by atoms with E-state index in [2.05, 4.69) is 10.2 Å². The van der Waals surface area contributed by atoms with Crippen molar-refractivity contribution >= 4 is 23.8 Å². The molecule has 0 aliphatic heterocycles. The third-order valence-electron chi connectivity index (χ3n) is 2.79. The third kappa shape index (κ3) is 1.89. The van der Waals surface area contributed by atoms with Crippen LogP contribution in [0.25, 0.3) is 11.4 Å². The molecule has 0 spiro atoms. The third-order valence-corrected chi connectivity index (χ3v) is 3.37. The summed E-state index contributed by atoms with van der Waals surface area (Å²) in [6.07, 6.45) is 2.21. The summed E-state index contributed by atoms with van der Waals surface area (Å²) in [5, 5.41) is 7.05. The Bertz CT molecular complexity index is 630. The molecule has 0 saturated heterocycles. The van der Waals surface area contributed by atoms with E-state index in [1.54, 1.807) is 12.1 Å². The maximum absolute atomic E-state index is 13.1. The minimum absolute atomic E-state index is 0.0961. The molecule has 0 radical (unpaired) electrons. The summed E-state index contributed by atoms with van der Waals surface area (Å²) in [6.45, 7) is 0. The summed E-state index contributed by atoms with van der Waals surface area (Å²) < 4.78 is 15.7. The van der Waals surface area contributed by atoms with E-state index in [0.29, 0.717) is 10.8 Å². The van der Waals surface area contributed by atoms with Crippen LogP contribution in [0.15, 0.2) is 18.2 Å². The molecule has 6 heteroatoms. The van der Waals surface area contributed by atoms with Crippen molar-refractivity contribution in [3.8, 4) is 11.4 Å². The second kappa shape index (κ2) is 3.92. The lowest BCUT2D eigenvalue weighted by Gasteiger charge is -2.05. The first-order valence-corrected chi connectivity index (χ1v) is 6.08. The van der Waals surface area contributed by atoms with Gasteiger partial charge in [-0.2, -0.15) is 5.10 Å². The molecule has 17 heavy (non-hydrogen) atoms. The molecule has 1 fully saturated rings. The molecule has 0 unspecified atom stereocenters. The van der Waals surface area contributed by atoms with Gasteiger partial charge in [0.05, 0.1) is 5.02 Å². The SMILES string of the molecule is Fc1ccc(-c2n[nH]c(=S)n2C2CC2)cc1Cl. The van der Waals surface area contributed by atoms with Gasteiger partial charge in [-0.3, -0.25) is 9.67 Å². The van der Waals surface area contributed by atoms with Crippen molar-refractivity contribution in [2.45, 2.75) is 18.9 Å². The average Bonchev–Trinajstić information content (AvgIpc) is 3.06. The van der Waals surface area contributed by atoms with Gasteiger partial charge in [0.2, 0.25) is 0 Å². The maximum atomic E-state index is 13.1. The number of halogens is 2. The minimum Gasteiger partial charge on any atom is -0.297 e. The first-order chi connectivity index (χ1) is 8.16. The lowest BCUT2D eigenvalue weighted by atomic mass is 10.2. The Balaban J connectivity index is 2.14. The van der Waals surface area contributed by atoms with E-state index in [1.165, 1.54) is 6.07 Å². The van der Waals surface area contributed by atoms with E-state index in [9.17, 15) is 4.39 Å². The van der Waals surface area contributed by atoms with Crippen LogP contribution in [0.1, 0.15) is 18.9 Å². The first-order valence-electron chi connectivity index (χ1n) is 5.29. The number of benzene rings is 1. The number of H-pyrrole nitrogens is 1. The van der Waals surface area contributed by atoms with Crippen LogP contribution in [-0.2, 0) is 0 Å². The predicted molar refractivity (Wildman–Crippen MR) is 66.1 cm³/mol. The summed E-state index contributed by atoms with van der Waals surface area (Å²) in [7, 11) is 0. The topological polar surface area (TPSA) is 33.6 Å². The van der Waals surface area contributed by atoms with Crippen molar-refractivity contribution < 1.29 is 4.39 Å². The van der Waals surface area contributed by atoms with Gasteiger partial charge in [-0.25, -0.2) is 4.39 Å². The number of aromatic nitrogens is 3. The summed E-state index contributed by atoms with van der Waals surface area (Å²) in [6, 6.07) is 4.98. The number of nitrogens with one attached hydrogen (secondary N) is 1. The molecular formula is C11H9ClFN3S. The molecule has 1 heterocycles. The lowest BCUT2D eigenvalue weighted by molar-refractivity contribution is 0.628. The van der Waals surface area contributed by atoms with Gasteiger partial charge < -0.3 is 0 Å². The largest absolute Gasteiger partial charge is 0.297 e. The van der Waals surface area contributed by atoms with Crippen molar-refractivity contribution in [1.29, 1.82) is 0 Å². The number of rotatable bonds is 2. The Morgan fingerprint density at radius 2 is 2.24 bits per heavy atom. The van der Waals surface area contributed by atoms with Crippen LogP contribution in [0.2, 0.25) is 5.02 Å². The summed E-state index contributed by atoms with van der Waals surface area (Å²) in [4.78, 5) is 0. The van der Waals surface area contributed by atoms with Crippen LogP contribution in [0.5, 0.6) is 0 Å². The highest BCUT2D eigenvalue weighted by molar-refractivity contribution is 7.71. The first kappa shape index (κ1) is 10.9. The van der Waals surface area contributed by atoms with Crippen LogP contribution in [-0.4, -0.2) is 14.8 Å². The monoisotopic (exact) mass is 269 g/mol. The van der Waals surface area contributed by atoms with Crippen LogP contribution >= 0.6 is 23.8 Å². The van der Waals surface area contributed by atoms with Crippen LogP contribution < -0.4 is 0 Å². The zero-order chi connectivity index (χ0) is 12.0. The maximum Gasteiger partial charge on any atom is 0.195 e. The average molecular weight is 270 g/mol. The highest BCUT2D eigenvalue weighted by atomic mass is 35.5. The highest BCUT2D eigenvalue weighted by Crippen LogP contribution is 2.38. The Labute approximate surface area is 107 Å². The van der Waals surface area contributed by atoms with Gasteiger partial charge in [0.25, 0.3) is 0 Å². The van der Waals surface area contributed by atoms with Crippen molar-refractivity contribution in [3.63, 3.8) is 0 Å². The zero-order valence-corrected chi connectivity index (χ0v) is 10.4. The van der Waals surface area contributed by atoms with Crippen LogP contribution in [0.3, 0.4) is 0 Å². The molecule has 0 atom stereocenters. The Morgan fingerprint density at radius 1 is 1.47 bits per heavy atom. The molecule has 88 valence electrons. The van der Waals surface area contributed by atoms with Crippen molar-refractivity contribution in [3.05, 3.63) is 33.8 Å². The molecule has 1 aliphatic carbocycles.